The van der Waals surface area contributed by atoms with Gasteiger partial charge in [0.2, 0.25) is 0 Å². The number of nitrogens with two attached hydrogens (primary N) is 1. The highest BCUT2D eigenvalue weighted by Crippen LogP contribution is 2.32. The van der Waals surface area contributed by atoms with Gasteiger partial charge in [0.05, 0.1) is 6.04 Å². The van der Waals surface area contributed by atoms with Gasteiger partial charge in [-0.2, -0.15) is 0 Å². The van der Waals surface area contributed by atoms with Crippen LogP contribution >= 0.6 is 0 Å². The molecule has 1 fully saturated rings. The SMILES string of the molecule is CCc1cccc(C2CC(N)CCN2C(=O)OC(C)(C)C)c1. The number of carbonyl (C=O) groups excluding carboxylic acids is 1. The molecule has 0 radical (unpaired) electrons. The van der Waals surface area contributed by atoms with Gasteiger partial charge in [0, 0.05) is 12.6 Å². The Bertz CT molecular complexity index is 522. The van der Waals surface area contributed by atoms with Gasteiger partial charge in [-0.15, -0.1) is 0 Å². The third-order valence-corrected chi connectivity index (χ3v) is 4.02. The van der Waals surface area contributed by atoms with E-state index in [9.17, 15) is 4.79 Å². The fraction of sp³-hybridized carbons (Fsp3) is 0.611. The summed E-state index contributed by atoms with van der Waals surface area (Å²) in [5.41, 5.74) is 8.10. The number of likely N-dealkylation sites (tertiary alicyclic amines) is 1. The Balaban J connectivity index is 2.24. The van der Waals surface area contributed by atoms with Gasteiger partial charge in [-0.1, -0.05) is 31.2 Å². The Labute approximate surface area is 133 Å². The van der Waals surface area contributed by atoms with Crippen LogP contribution in [-0.2, 0) is 11.2 Å². The molecular formula is C18H28N2O2. The largest absolute Gasteiger partial charge is 0.444 e. The average Bonchev–Trinajstić information content (AvgIpc) is 2.45. The maximum absolute atomic E-state index is 12.5. The van der Waals surface area contributed by atoms with Crippen LogP contribution in [0.4, 0.5) is 4.79 Å². The highest BCUT2D eigenvalue weighted by atomic mass is 16.6. The number of carbonyl (C=O) groups is 1. The molecule has 22 heavy (non-hydrogen) atoms. The highest BCUT2D eigenvalue weighted by molar-refractivity contribution is 5.69. The summed E-state index contributed by atoms with van der Waals surface area (Å²) in [6.45, 7) is 8.47. The van der Waals surface area contributed by atoms with Gasteiger partial charge < -0.3 is 15.4 Å². The predicted molar refractivity (Wildman–Crippen MR) is 88.7 cm³/mol. The molecule has 2 unspecified atom stereocenters. The summed E-state index contributed by atoms with van der Waals surface area (Å²) in [4.78, 5) is 14.4. The van der Waals surface area contributed by atoms with Gasteiger partial charge >= 0.3 is 6.09 Å². The van der Waals surface area contributed by atoms with Crippen LogP contribution in [0.1, 0.15) is 57.7 Å². The zero-order valence-electron chi connectivity index (χ0n) is 14.1. The summed E-state index contributed by atoms with van der Waals surface area (Å²) in [6, 6.07) is 8.57. The van der Waals surface area contributed by atoms with E-state index in [0.29, 0.717) is 6.54 Å². The minimum absolute atomic E-state index is 0.00472. The van der Waals surface area contributed by atoms with Crippen LogP contribution in [0.2, 0.25) is 0 Å². The van der Waals surface area contributed by atoms with E-state index in [-0.39, 0.29) is 18.2 Å². The van der Waals surface area contributed by atoms with E-state index in [1.807, 2.05) is 25.7 Å². The van der Waals surface area contributed by atoms with E-state index in [1.165, 1.54) is 5.56 Å². The molecule has 0 spiro atoms. The van der Waals surface area contributed by atoms with Crippen molar-refractivity contribution in [2.75, 3.05) is 6.54 Å². The van der Waals surface area contributed by atoms with Gasteiger partial charge in [-0.25, -0.2) is 4.79 Å². The molecule has 2 rings (SSSR count). The molecule has 4 heteroatoms. The Morgan fingerprint density at radius 1 is 1.41 bits per heavy atom. The number of benzene rings is 1. The molecule has 122 valence electrons. The van der Waals surface area contributed by atoms with Gasteiger partial charge in [-0.05, 0) is 51.2 Å². The molecule has 1 aliphatic rings. The molecule has 2 N–H and O–H groups in total. The van der Waals surface area contributed by atoms with Crippen molar-refractivity contribution in [1.29, 1.82) is 0 Å². The molecule has 0 saturated carbocycles. The normalized spacial score (nSPS) is 22.5. The Morgan fingerprint density at radius 3 is 2.77 bits per heavy atom. The van der Waals surface area contributed by atoms with Crippen molar-refractivity contribution >= 4 is 6.09 Å². The van der Waals surface area contributed by atoms with E-state index in [1.54, 1.807) is 0 Å². The number of piperidine rings is 1. The third kappa shape index (κ3) is 4.23. The number of ether oxygens (including phenoxy) is 1. The predicted octanol–water partition coefficient (Wildman–Crippen LogP) is 3.65. The van der Waals surface area contributed by atoms with Crippen molar-refractivity contribution in [2.45, 2.75) is 64.6 Å². The quantitative estimate of drug-likeness (QED) is 0.907. The molecule has 1 amide bonds. The van der Waals surface area contributed by atoms with Crippen LogP contribution < -0.4 is 5.73 Å². The van der Waals surface area contributed by atoms with Crippen LogP contribution in [0, 0.1) is 0 Å². The second-order valence-electron chi connectivity index (χ2n) is 7.07. The number of nitrogens with zero attached hydrogens (tertiary/aromatic N) is 1. The van der Waals surface area contributed by atoms with Crippen LogP contribution in [0.3, 0.4) is 0 Å². The lowest BCUT2D eigenvalue weighted by molar-refractivity contribution is 0.00796. The molecule has 0 aliphatic carbocycles. The van der Waals surface area contributed by atoms with E-state index >= 15 is 0 Å². The Morgan fingerprint density at radius 2 is 2.14 bits per heavy atom. The van der Waals surface area contributed by atoms with E-state index in [4.69, 9.17) is 10.5 Å². The lowest BCUT2D eigenvalue weighted by Crippen LogP contribution is -2.46. The minimum Gasteiger partial charge on any atom is -0.444 e. The zero-order chi connectivity index (χ0) is 16.3. The molecule has 2 atom stereocenters. The summed E-state index contributed by atoms with van der Waals surface area (Å²) >= 11 is 0. The van der Waals surface area contributed by atoms with Crippen LogP contribution in [0.15, 0.2) is 24.3 Å². The summed E-state index contributed by atoms with van der Waals surface area (Å²) in [5.74, 6) is 0. The highest BCUT2D eigenvalue weighted by Gasteiger charge is 2.34. The lowest BCUT2D eigenvalue weighted by atomic mass is 9.91. The maximum Gasteiger partial charge on any atom is 0.410 e. The van der Waals surface area contributed by atoms with Gasteiger partial charge in [0.1, 0.15) is 5.60 Å². The van der Waals surface area contributed by atoms with E-state index < -0.39 is 5.60 Å². The lowest BCUT2D eigenvalue weighted by Gasteiger charge is -2.39. The van der Waals surface area contributed by atoms with E-state index in [0.717, 1.165) is 24.8 Å². The molecule has 1 heterocycles. The first-order chi connectivity index (χ1) is 10.3. The first kappa shape index (κ1) is 16.8. The van der Waals surface area contributed by atoms with Crippen molar-refractivity contribution in [1.82, 2.24) is 4.90 Å². The van der Waals surface area contributed by atoms with Crippen molar-refractivity contribution in [2.24, 2.45) is 5.73 Å². The number of amides is 1. The Hall–Kier alpha value is -1.55. The number of hydrogen-bond acceptors (Lipinski definition) is 3. The van der Waals surface area contributed by atoms with E-state index in [2.05, 4.69) is 31.2 Å². The molecule has 4 nitrogen and oxygen atoms in total. The first-order valence-corrected chi connectivity index (χ1v) is 8.14. The molecule has 0 bridgehead atoms. The minimum atomic E-state index is -0.480. The molecule has 1 aromatic rings. The summed E-state index contributed by atoms with van der Waals surface area (Å²) < 4.78 is 5.57. The van der Waals surface area contributed by atoms with Crippen LogP contribution in [0.25, 0.3) is 0 Å². The molecule has 1 saturated heterocycles. The standard InChI is InChI=1S/C18H28N2O2/c1-5-13-7-6-8-14(11-13)16-12-15(19)9-10-20(16)17(21)22-18(2,3)4/h6-8,11,15-16H,5,9-10,12,19H2,1-4H3. The monoisotopic (exact) mass is 304 g/mol. The van der Waals surface area contributed by atoms with Crippen LogP contribution in [0.5, 0.6) is 0 Å². The summed E-state index contributed by atoms with van der Waals surface area (Å²) in [6.07, 6.45) is 2.35. The number of rotatable bonds is 2. The third-order valence-electron chi connectivity index (χ3n) is 4.02. The average molecular weight is 304 g/mol. The molecular weight excluding hydrogens is 276 g/mol. The van der Waals surface area contributed by atoms with Crippen LogP contribution in [-0.4, -0.2) is 29.2 Å². The number of aryl methyl sites for hydroxylation is 1. The Kier molecular flexibility index (Phi) is 5.12. The smallest absolute Gasteiger partial charge is 0.410 e. The second-order valence-corrected chi connectivity index (χ2v) is 7.07. The summed E-state index contributed by atoms with van der Waals surface area (Å²) in [7, 11) is 0. The molecule has 0 aromatic heterocycles. The van der Waals surface area contributed by atoms with Crippen molar-refractivity contribution < 1.29 is 9.53 Å². The van der Waals surface area contributed by atoms with Crippen molar-refractivity contribution in [3.05, 3.63) is 35.4 Å². The molecule has 1 aromatic carbocycles. The van der Waals surface area contributed by atoms with Crippen molar-refractivity contribution in [3.63, 3.8) is 0 Å². The summed E-state index contributed by atoms with van der Waals surface area (Å²) in [5, 5.41) is 0. The second kappa shape index (κ2) is 6.69. The van der Waals surface area contributed by atoms with Gasteiger partial charge in [0.15, 0.2) is 0 Å². The van der Waals surface area contributed by atoms with Gasteiger partial charge in [0.25, 0.3) is 0 Å². The molecule has 1 aliphatic heterocycles. The fourth-order valence-electron chi connectivity index (χ4n) is 2.87. The zero-order valence-corrected chi connectivity index (χ0v) is 14.1. The first-order valence-electron chi connectivity index (χ1n) is 8.14. The van der Waals surface area contributed by atoms with Crippen molar-refractivity contribution in [3.8, 4) is 0 Å². The number of hydrogen-bond donors (Lipinski definition) is 1. The fourth-order valence-corrected chi connectivity index (χ4v) is 2.87. The maximum atomic E-state index is 12.5. The van der Waals surface area contributed by atoms with Gasteiger partial charge in [-0.3, -0.25) is 0 Å². The topological polar surface area (TPSA) is 55.6 Å².